The minimum atomic E-state index is -0.770. The summed E-state index contributed by atoms with van der Waals surface area (Å²) >= 11 is 0. The van der Waals surface area contributed by atoms with Gasteiger partial charge in [-0.3, -0.25) is 0 Å². The maximum atomic E-state index is 11.1. The largest absolute Gasteiger partial charge is 0.324 e. The second-order valence-electron chi connectivity index (χ2n) is 26.9. The van der Waals surface area contributed by atoms with Crippen LogP contribution in [-0.4, -0.2) is 25.6 Å². The molecule has 0 saturated heterocycles. The lowest BCUT2D eigenvalue weighted by Crippen LogP contribution is -2.28. The van der Waals surface area contributed by atoms with E-state index in [1.807, 2.05) is 91.5 Å². The molecule has 0 amide bonds. The second kappa shape index (κ2) is 22.5. The Morgan fingerprint density at radius 2 is 0.851 bits per heavy atom. The topological polar surface area (TPSA) is 166 Å². The van der Waals surface area contributed by atoms with Gasteiger partial charge >= 0.3 is 0 Å². The van der Waals surface area contributed by atoms with E-state index in [-0.39, 0.29) is 21.7 Å². The van der Waals surface area contributed by atoms with Crippen LogP contribution in [0.1, 0.15) is 147 Å². The lowest BCUT2D eigenvalue weighted by Gasteiger charge is -2.32. The summed E-state index contributed by atoms with van der Waals surface area (Å²) in [6, 6.07) is 61.0. The van der Waals surface area contributed by atoms with Gasteiger partial charge in [-0.05, 0) is 196 Å². The molecule has 2 aromatic heterocycles. The van der Waals surface area contributed by atoms with Crippen molar-refractivity contribution < 1.29 is 0 Å². The van der Waals surface area contributed by atoms with Crippen LogP contribution >= 0.6 is 0 Å². The third-order valence-corrected chi connectivity index (χ3v) is 16.3. The molecule has 10 rings (SSSR count). The van der Waals surface area contributed by atoms with E-state index in [1.54, 1.807) is 24.3 Å². The highest BCUT2D eigenvalue weighted by molar-refractivity contribution is 6.11. The van der Waals surface area contributed by atoms with Crippen molar-refractivity contribution in [2.75, 3.05) is 4.90 Å². The van der Waals surface area contributed by atoms with Crippen molar-refractivity contribution in [3.63, 3.8) is 0 Å². The molecular weight excluding hydrogens is 1060 g/mol. The van der Waals surface area contributed by atoms with Crippen molar-refractivity contribution in [2.24, 2.45) is 0 Å². The van der Waals surface area contributed by atoms with Crippen LogP contribution in [-0.2, 0) is 21.7 Å². The molecular formula is C77H70N10. The van der Waals surface area contributed by atoms with E-state index in [0.29, 0.717) is 78.9 Å². The third kappa shape index (κ3) is 11.7. The molecule has 0 radical (unpaired) electrons. The Kier molecular flexibility index (Phi) is 15.5. The van der Waals surface area contributed by atoms with Crippen molar-refractivity contribution in [3.8, 4) is 92.5 Å². The number of fused-ring (bicyclic) bond motifs is 3. The van der Waals surface area contributed by atoms with Crippen molar-refractivity contribution in [1.82, 2.24) is 19.5 Å². The zero-order chi connectivity index (χ0) is 62.7. The number of rotatable bonds is 10. The van der Waals surface area contributed by atoms with Crippen molar-refractivity contribution in [3.05, 3.63) is 208 Å². The Morgan fingerprint density at radius 3 is 1.31 bits per heavy atom. The van der Waals surface area contributed by atoms with Gasteiger partial charge in [0.15, 0.2) is 17.5 Å². The highest BCUT2D eigenvalue weighted by atomic mass is 15.2. The number of allylic oxidation sites excluding steroid dienone is 1. The van der Waals surface area contributed by atoms with Gasteiger partial charge in [-0.2, -0.15) is 26.3 Å². The molecule has 2 heterocycles. The number of aromatic nitrogens is 4. The normalized spacial score (nSPS) is 12.2. The van der Waals surface area contributed by atoms with Crippen LogP contribution in [0.25, 0.3) is 89.5 Å². The first kappa shape index (κ1) is 59.7. The lowest BCUT2D eigenvalue weighted by molar-refractivity contribution is 0.568. The molecule has 0 aliphatic carbocycles. The number of benzene rings is 8. The summed E-state index contributed by atoms with van der Waals surface area (Å²) in [4.78, 5) is 18.5. The fourth-order valence-electron chi connectivity index (χ4n) is 11.2. The quantitative estimate of drug-likeness (QED) is 0.129. The van der Waals surface area contributed by atoms with E-state index in [0.717, 1.165) is 72.0 Å². The first-order valence-corrected chi connectivity index (χ1v) is 29.3. The van der Waals surface area contributed by atoms with E-state index >= 15 is 0 Å². The van der Waals surface area contributed by atoms with Crippen molar-refractivity contribution in [2.45, 2.75) is 125 Å². The fourth-order valence-corrected chi connectivity index (χ4v) is 11.2. The third-order valence-electron chi connectivity index (χ3n) is 16.3. The van der Waals surface area contributed by atoms with E-state index < -0.39 is 6.04 Å². The van der Waals surface area contributed by atoms with Crippen molar-refractivity contribution in [1.29, 1.82) is 26.3 Å². The van der Waals surface area contributed by atoms with Gasteiger partial charge in [-0.25, -0.2) is 15.0 Å². The number of hydrogen-bond acceptors (Lipinski definition) is 9. The van der Waals surface area contributed by atoms with Crippen LogP contribution in [0.2, 0.25) is 0 Å². The number of hydrogen-bond donors (Lipinski definition) is 0. The van der Waals surface area contributed by atoms with Gasteiger partial charge in [0.05, 0.1) is 75.0 Å². The Labute approximate surface area is 512 Å². The predicted octanol–water partition coefficient (Wildman–Crippen LogP) is 19.1. The summed E-state index contributed by atoms with van der Waals surface area (Å²) in [6.07, 6.45) is 0. The Hall–Kier alpha value is -10.4. The molecule has 0 spiro atoms. The first-order chi connectivity index (χ1) is 41.1. The Morgan fingerprint density at radius 1 is 0.437 bits per heavy atom. The second-order valence-corrected chi connectivity index (χ2v) is 26.9. The smallest absolute Gasteiger partial charge is 0.164 e. The molecule has 0 aliphatic rings. The van der Waals surface area contributed by atoms with Gasteiger partial charge in [-0.1, -0.05) is 120 Å². The summed E-state index contributed by atoms with van der Waals surface area (Å²) < 4.78 is 2.17. The van der Waals surface area contributed by atoms with E-state index in [1.165, 1.54) is 0 Å². The van der Waals surface area contributed by atoms with Crippen LogP contribution in [0.15, 0.2) is 158 Å². The fraction of sp³-hybridized carbons (Fsp3) is 0.247. The molecule has 8 aromatic carbocycles. The number of nitriles is 5. The molecule has 0 fully saturated rings. The summed E-state index contributed by atoms with van der Waals surface area (Å²) in [7, 11) is 0. The van der Waals surface area contributed by atoms with Gasteiger partial charge in [0.1, 0.15) is 6.04 Å². The molecule has 10 nitrogen and oxygen atoms in total. The van der Waals surface area contributed by atoms with E-state index in [9.17, 15) is 26.3 Å². The van der Waals surface area contributed by atoms with Crippen LogP contribution in [0.3, 0.4) is 0 Å². The lowest BCUT2D eigenvalue weighted by atomic mass is 9.79. The van der Waals surface area contributed by atoms with Crippen molar-refractivity contribution >= 4 is 38.8 Å². The molecule has 0 saturated carbocycles. The average Bonchev–Trinajstić information content (AvgIpc) is 2.02. The number of anilines is 2. The molecule has 1 atom stereocenters. The molecule has 428 valence electrons. The summed E-state index contributed by atoms with van der Waals surface area (Å²) in [5.41, 5.74) is 16.2. The summed E-state index contributed by atoms with van der Waals surface area (Å²) in [6.45, 7) is 34.8. The maximum Gasteiger partial charge on any atom is 0.164 e. The minimum absolute atomic E-state index is 0.205. The van der Waals surface area contributed by atoms with Gasteiger partial charge in [0.2, 0.25) is 0 Å². The van der Waals surface area contributed by atoms with Crippen LogP contribution in [0, 0.1) is 56.7 Å². The molecule has 0 bridgehead atoms. The molecule has 0 aliphatic heterocycles. The molecule has 10 aromatic rings. The molecule has 10 heteroatoms. The standard InChI is InChI=1S/C77H70N10/c1-46(2)61-30-49(43-80)19-24-66(61)86(47(3)41-78)67-27-22-53(52-18-16-17-48(29-52)42-79)37-64(67)65-38-54(23-28-70(65)87-68-25-20-50(44-81)31-62(68)63-32-51(45-82)21-26-69(63)87)71-83-72(55-33-57(74(4,5)6)39-58(34-55)75(7,8)9)85-73(84-71)56-35-59(76(10,11)12)40-60(36-56)77(13,14)15/h16-40,47H,1H2,2-15H3. The zero-order valence-electron chi connectivity index (χ0n) is 52.2. The highest BCUT2D eigenvalue weighted by Gasteiger charge is 2.29. The van der Waals surface area contributed by atoms with E-state index in [4.69, 9.17) is 15.0 Å². The highest BCUT2D eigenvalue weighted by Crippen LogP contribution is 2.47. The molecule has 1 unspecified atom stereocenters. The van der Waals surface area contributed by atoms with Gasteiger partial charge in [-0.15, -0.1) is 0 Å². The Bertz CT molecular complexity index is 4450. The van der Waals surface area contributed by atoms with Gasteiger partial charge in [0.25, 0.3) is 0 Å². The van der Waals surface area contributed by atoms with Crippen LogP contribution in [0.5, 0.6) is 0 Å². The first-order valence-electron chi connectivity index (χ1n) is 29.3. The Balaban J connectivity index is 1.39. The van der Waals surface area contributed by atoms with Gasteiger partial charge < -0.3 is 9.47 Å². The minimum Gasteiger partial charge on any atom is -0.324 e. The van der Waals surface area contributed by atoms with Crippen LogP contribution in [0.4, 0.5) is 11.4 Å². The van der Waals surface area contributed by atoms with Gasteiger partial charge in [0, 0.05) is 49.8 Å². The predicted molar refractivity (Wildman–Crippen MR) is 353 cm³/mol. The van der Waals surface area contributed by atoms with Crippen LogP contribution < -0.4 is 4.90 Å². The molecule has 87 heavy (non-hydrogen) atoms. The maximum absolute atomic E-state index is 11.1. The average molecular weight is 1140 g/mol. The zero-order valence-corrected chi connectivity index (χ0v) is 52.2. The number of nitrogens with zero attached hydrogens (tertiary/aromatic N) is 10. The summed E-state index contributed by atoms with van der Waals surface area (Å²) in [5, 5.41) is 53.7. The SMILES string of the molecule is C=C(C)c1cc(C#N)ccc1N(c1ccc(-c2cccc(C#N)c2)cc1-c1cc(-c2nc(-c3cc(C(C)(C)C)cc(C(C)(C)C)c3)nc(-c3cc(C(C)(C)C)cc(C(C)(C)C)c3)n2)ccc1-n1c2ccc(C#N)cc2c2cc(C#N)ccc21)C(C)C#N. The van der Waals surface area contributed by atoms with E-state index in [2.05, 4.69) is 179 Å². The molecule has 0 N–H and O–H groups in total. The monoisotopic (exact) mass is 1130 g/mol. The summed E-state index contributed by atoms with van der Waals surface area (Å²) in [5.74, 6) is 1.46.